The van der Waals surface area contributed by atoms with Crippen LogP contribution in [-0.4, -0.2) is 43.6 Å². The molecule has 168 valence electrons. The van der Waals surface area contributed by atoms with Gasteiger partial charge in [0.1, 0.15) is 0 Å². The summed E-state index contributed by atoms with van der Waals surface area (Å²) in [4.78, 5) is 18.6. The van der Waals surface area contributed by atoms with Crippen molar-refractivity contribution in [3.63, 3.8) is 0 Å². The maximum absolute atomic E-state index is 12.3. The minimum absolute atomic E-state index is 0. The molecule has 0 radical (unpaired) electrons. The van der Waals surface area contributed by atoms with Gasteiger partial charge in [0.05, 0.1) is 0 Å². The van der Waals surface area contributed by atoms with Gasteiger partial charge in [-0.1, -0.05) is 32.4 Å². The number of benzene rings is 1. The molecule has 1 saturated heterocycles. The molecule has 6 nitrogen and oxygen atoms in total. The third kappa shape index (κ3) is 7.03. The number of carbonyl (C=O) groups excluding carboxylic acids is 1. The van der Waals surface area contributed by atoms with Crippen molar-refractivity contribution in [1.29, 1.82) is 0 Å². The van der Waals surface area contributed by atoms with Crippen molar-refractivity contribution in [3.05, 3.63) is 29.8 Å². The van der Waals surface area contributed by atoms with Gasteiger partial charge < -0.3 is 20.9 Å². The monoisotopic (exact) mass is 527 g/mol. The van der Waals surface area contributed by atoms with Crippen molar-refractivity contribution in [2.75, 3.05) is 32.0 Å². The number of nitrogens with one attached hydrogen (secondary N) is 3. The number of halogens is 1. The maximum Gasteiger partial charge on any atom is 0.321 e. The van der Waals surface area contributed by atoms with E-state index < -0.39 is 0 Å². The molecule has 1 aromatic carbocycles. The van der Waals surface area contributed by atoms with Gasteiger partial charge in [0, 0.05) is 38.9 Å². The molecule has 0 atom stereocenters. The van der Waals surface area contributed by atoms with E-state index in [1.807, 2.05) is 30.1 Å². The van der Waals surface area contributed by atoms with Gasteiger partial charge in [0.2, 0.25) is 0 Å². The van der Waals surface area contributed by atoms with Crippen LogP contribution in [0, 0.1) is 11.3 Å². The first kappa shape index (κ1) is 24.8. The zero-order valence-electron chi connectivity index (χ0n) is 18.7. The van der Waals surface area contributed by atoms with Crippen LogP contribution in [-0.2, 0) is 6.54 Å². The normalized spacial score (nSPS) is 17.9. The number of carbonyl (C=O) groups is 1. The lowest BCUT2D eigenvalue weighted by atomic mass is 9.64. The molecular weight excluding hydrogens is 489 g/mol. The molecule has 2 fully saturated rings. The Morgan fingerprint density at radius 1 is 1.17 bits per heavy atom. The third-order valence-corrected chi connectivity index (χ3v) is 6.14. The predicted molar refractivity (Wildman–Crippen MR) is 136 cm³/mol. The van der Waals surface area contributed by atoms with E-state index in [-0.39, 0.29) is 30.0 Å². The molecule has 1 aliphatic carbocycles. The van der Waals surface area contributed by atoms with E-state index in [4.69, 9.17) is 0 Å². The number of hydrogen-bond donors (Lipinski definition) is 3. The van der Waals surface area contributed by atoms with Crippen LogP contribution < -0.4 is 16.0 Å². The fourth-order valence-corrected chi connectivity index (χ4v) is 4.56. The van der Waals surface area contributed by atoms with Crippen LogP contribution in [0.15, 0.2) is 29.3 Å². The van der Waals surface area contributed by atoms with Crippen molar-refractivity contribution >= 4 is 41.7 Å². The molecule has 0 bridgehead atoms. The lowest BCUT2D eigenvalue weighted by Gasteiger charge is -2.43. The second-order valence-electron chi connectivity index (χ2n) is 9.06. The number of anilines is 1. The second-order valence-corrected chi connectivity index (χ2v) is 9.06. The average Bonchev–Trinajstić information content (AvgIpc) is 3.21. The van der Waals surface area contributed by atoms with Gasteiger partial charge in [-0.25, -0.2) is 4.79 Å². The van der Waals surface area contributed by atoms with Crippen LogP contribution in [0.3, 0.4) is 0 Å². The molecule has 1 heterocycles. The first-order chi connectivity index (χ1) is 14.0. The average molecular weight is 527 g/mol. The minimum atomic E-state index is 0. The summed E-state index contributed by atoms with van der Waals surface area (Å²) in [5.41, 5.74) is 2.40. The number of amides is 2. The maximum atomic E-state index is 12.3. The van der Waals surface area contributed by atoms with Gasteiger partial charge in [0.15, 0.2) is 5.96 Å². The summed E-state index contributed by atoms with van der Waals surface area (Å²) in [7, 11) is 1.82. The van der Waals surface area contributed by atoms with Crippen LogP contribution in [0.1, 0.15) is 57.9 Å². The summed E-state index contributed by atoms with van der Waals surface area (Å²) in [5, 5.41) is 9.96. The first-order valence-electron chi connectivity index (χ1n) is 11.1. The number of nitrogens with zero attached hydrogens (tertiary/aromatic N) is 2. The summed E-state index contributed by atoms with van der Waals surface area (Å²) in [5.74, 6) is 1.57. The molecule has 3 rings (SSSR count). The Morgan fingerprint density at radius 3 is 2.50 bits per heavy atom. The zero-order valence-corrected chi connectivity index (χ0v) is 21.0. The lowest BCUT2D eigenvalue weighted by molar-refractivity contribution is 0.104. The van der Waals surface area contributed by atoms with Crippen molar-refractivity contribution in [3.8, 4) is 0 Å². The molecule has 1 aromatic rings. The molecule has 0 unspecified atom stereocenters. The quantitative estimate of drug-likeness (QED) is 0.271. The van der Waals surface area contributed by atoms with E-state index in [0.29, 0.717) is 12.0 Å². The number of guanidine groups is 1. The van der Waals surface area contributed by atoms with E-state index >= 15 is 0 Å². The summed E-state index contributed by atoms with van der Waals surface area (Å²) in [6.07, 6.45) is 7.44. The van der Waals surface area contributed by atoms with Gasteiger partial charge in [0.25, 0.3) is 0 Å². The highest BCUT2D eigenvalue weighted by molar-refractivity contribution is 14.0. The summed E-state index contributed by atoms with van der Waals surface area (Å²) < 4.78 is 0. The number of rotatable bonds is 7. The SMILES string of the molecule is CN=C(NCc1cccc(NC(=O)N2CCCC2)c1)NCC1(CC(C)C)CCC1.I. The highest BCUT2D eigenvalue weighted by atomic mass is 127. The molecular formula is C23H38IN5O. The molecule has 2 amide bonds. The smallest absolute Gasteiger partial charge is 0.321 e. The Morgan fingerprint density at radius 2 is 1.90 bits per heavy atom. The predicted octanol–water partition coefficient (Wildman–Crippen LogP) is 4.81. The Hall–Kier alpha value is -1.51. The van der Waals surface area contributed by atoms with Crippen LogP contribution >= 0.6 is 24.0 Å². The number of aliphatic imine (C=N–C) groups is 1. The van der Waals surface area contributed by atoms with Crippen LogP contribution in [0.2, 0.25) is 0 Å². The number of urea groups is 1. The van der Waals surface area contributed by atoms with Crippen LogP contribution in [0.25, 0.3) is 0 Å². The van der Waals surface area contributed by atoms with Crippen molar-refractivity contribution in [2.24, 2.45) is 16.3 Å². The molecule has 3 N–H and O–H groups in total. The van der Waals surface area contributed by atoms with Gasteiger partial charge in [-0.2, -0.15) is 0 Å². The number of hydrogen-bond acceptors (Lipinski definition) is 2. The van der Waals surface area contributed by atoms with E-state index in [1.165, 1.54) is 25.7 Å². The third-order valence-electron chi connectivity index (χ3n) is 6.14. The van der Waals surface area contributed by atoms with Crippen molar-refractivity contribution in [2.45, 2.75) is 58.9 Å². The largest absolute Gasteiger partial charge is 0.356 e. The van der Waals surface area contributed by atoms with Crippen molar-refractivity contribution in [1.82, 2.24) is 15.5 Å². The summed E-state index contributed by atoms with van der Waals surface area (Å²) >= 11 is 0. The highest BCUT2D eigenvalue weighted by Gasteiger charge is 2.37. The molecule has 2 aliphatic rings. The van der Waals surface area contributed by atoms with Gasteiger partial charge in [-0.05, 0) is 61.1 Å². The standard InChI is InChI=1S/C23H37N5O.HI/c1-18(2)15-23(10-7-11-23)17-26-21(24-3)25-16-19-8-6-9-20(14-19)27-22(29)28-12-4-5-13-28;/h6,8-9,14,18H,4-5,7,10-13,15-17H2,1-3H3,(H,27,29)(H2,24,25,26);1H. The Labute approximate surface area is 198 Å². The fourth-order valence-electron chi connectivity index (χ4n) is 4.56. The second kappa shape index (κ2) is 11.8. The highest BCUT2D eigenvalue weighted by Crippen LogP contribution is 2.45. The van der Waals surface area contributed by atoms with Gasteiger partial charge in [-0.3, -0.25) is 4.99 Å². The Balaban J connectivity index is 0.00000320. The molecule has 30 heavy (non-hydrogen) atoms. The van der Waals surface area contributed by atoms with Gasteiger partial charge >= 0.3 is 6.03 Å². The van der Waals surface area contributed by atoms with E-state index in [1.54, 1.807) is 0 Å². The van der Waals surface area contributed by atoms with Crippen LogP contribution in [0.5, 0.6) is 0 Å². The molecule has 1 aliphatic heterocycles. The summed E-state index contributed by atoms with van der Waals surface area (Å²) in [6.45, 7) is 7.98. The molecule has 0 aromatic heterocycles. The summed E-state index contributed by atoms with van der Waals surface area (Å²) in [6, 6.07) is 8.02. The van der Waals surface area contributed by atoms with E-state index in [9.17, 15) is 4.79 Å². The molecule has 1 saturated carbocycles. The topological polar surface area (TPSA) is 68.8 Å². The fraction of sp³-hybridized carbons (Fsp3) is 0.652. The van der Waals surface area contributed by atoms with E-state index in [0.717, 1.165) is 55.6 Å². The minimum Gasteiger partial charge on any atom is -0.356 e. The Kier molecular flexibility index (Phi) is 9.71. The van der Waals surface area contributed by atoms with Crippen LogP contribution in [0.4, 0.5) is 10.5 Å². The Bertz CT molecular complexity index is 711. The first-order valence-corrected chi connectivity index (χ1v) is 11.1. The molecule has 7 heteroatoms. The lowest BCUT2D eigenvalue weighted by Crippen LogP contribution is -2.46. The molecule has 0 spiro atoms. The van der Waals surface area contributed by atoms with E-state index in [2.05, 4.69) is 40.9 Å². The zero-order chi connectivity index (χ0) is 20.7. The van der Waals surface area contributed by atoms with Gasteiger partial charge in [-0.15, -0.1) is 24.0 Å². The van der Waals surface area contributed by atoms with Crippen molar-refractivity contribution < 1.29 is 4.79 Å². The number of likely N-dealkylation sites (tertiary alicyclic amines) is 1.